The van der Waals surface area contributed by atoms with Crippen LogP contribution in [-0.4, -0.2) is 66.2 Å². The van der Waals surface area contributed by atoms with Crippen LogP contribution in [0.3, 0.4) is 0 Å². The Morgan fingerprint density at radius 2 is 1.02 bits per heavy atom. The molecule has 2 aliphatic rings. The number of nitrogens with zero attached hydrogens (tertiary/aromatic N) is 4. The van der Waals surface area contributed by atoms with Gasteiger partial charge in [0.05, 0.1) is 34.2 Å². The Morgan fingerprint density at radius 1 is 0.640 bits per heavy atom. The van der Waals surface area contributed by atoms with Gasteiger partial charge in [-0.3, -0.25) is 9.80 Å². The van der Waals surface area contributed by atoms with E-state index in [-0.39, 0.29) is 24.3 Å². The van der Waals surface area contributed by atoms with Crippen LogP contribution < -0.4 is 0 Å². The maximum atomic E-state index is 12.9. The largest absolute Gasteiger partial charge is 0.444 e. The molecule has 3 aromatic carbocycles. The van der Waals surface area contributed by atoms with Gasteiger partial charge in [0, 0.05) is 13.1 Å². The van der Waals surface area contributed by atoms with Crippen molar-refractivity contribution in [1.29, 1.82) is 0 Å². The minimum atomic E-state index is -0.546. The minimum Gasteiger partial charge on any atom is -0.444 e. The number of nitrogens with one attached hydrogen (secondary N) is 2. The van der Waals surface area contributed by atoms with Crippen molar-refractivity contribution >= 4 is 34.3 Å². The maximum absolute atomic E-state index is 12.9. The lowest BCUT2D eigenvalue weighted by molar-refractivity contribution is 0.0208. The third-order valence-corrected chi connectivity index (χ3v) is 9.54. The molecular weight excluding hydrogens is 628 g/mol. The predicted molar refractivity (Wildman–Crippen MR) is 196 cm³/mol. The van der Waals surface area contributed by atoms with E-state index in [1.54, 1.807) is 9.80 Å². The van der Waals surface area contributed by atoms with E-state index in [0.717, 1.165) is 92.8 Å². The van der Waals surface area contributed by atoms with Crippen molar-refractivity contribution in [3.63, 3.8) is 0 Å². The number of carbonyl (C=O) groups is 2. The summed E-state index contributed by atoms with van der Waals surface area (Å²) in [5.41, 5.74) is 9.24. The Kier molecular flexibility index (Phi) is 8.39. The second-order valence-corrected chi connectivity index (χ2v) is 15.9. The summed E-state index contributed by atoms with van der Waals surface area (Å²) in [6.45, 7) is 16.8. The minimum absolute atomic E-state index is 0.131. The van der Waals surface area contributed by atoms with Crippen molar-refractivity contribution in [1.82, 2.24) is 29.7 Å². The van der Waals surface area contributed by atoms with Crippen LogP contribution in [0, 0.1) is 13.8 Å². The number of benzene rings is 3. The van der Waals surface area contributed by atoms with Gasteiger partial charge in [0.1, 0.15) is 22.9 Å². The number of likely N-dealkylation sites (tertiary alicyclic amines) is 2. The fourth-order valence-corrected chi connectivity index (χ4v) is 7.30. The smallest absolute Gasteiger partial charge is 0.410 e. The Balaban J connectivity index is 1.12. The molecule has 0 radical (unpaired) electrons. The first-order valence-corrected chi connectivity index (χ1v) is 17.7. The van der Waals surface area contributed by atoms with Gasteiger partial charge in [-0.05, 0) is 139 Å². The van der Waals surface area contributed by atoms with Gasteiger partial charge in [0.15, 0.2) is 0 Å². The Morgan fingerprint density at radius 3 is 1.38 bits per heavy atom. The van der Waals surface area contributed by atoms with Gasteiger partial charge in [0.25, 0.3) is 0 Å². The van der Waals surface area contributed by atoms with E-state index in [9.17, 15) is 9.59 Å². The summed E-state index contributed by atoms with van der Waals surface area (Å²) in [7, 11) is 0. The number of fused-ring (bicyclic) bond motifs is 2. The molecule has 0 bridgehead atoms. The standard InChI is InChI=1S/C40H48N6O4/c1-23-19-27(21-29-33(23)43-35(41-29)31-11-9-17-45(31)37(47)49-39(3,4)5)25-13-15-26(16-14-25)28-20-24(2)34-30(22-28)42-36(44-34)32-12-10-18-46(32)38(48)50-40(6,7)8/h13-16,19-22,31-32H,9-12,17-18H2,1-8H3,(H,41,43)(H,42,44)/t31-,32-/m0/s1. The van der Waals surface area contributed by atoms with Crippen LogP contribution >= 0.6 is 0 Å². The van der Waals surface area contributed by atoms with Crippen LogP contribution in [0.25, 0.3) is 44.3 Å². The van der Waals surface area contributed by atoms with Crippen molar-refractivity contribution in [2.45, 2.75) is 104 Å². The molecule has 2 aliphatic heterocycles. The number of hydrogen-bond acceptors (Lipinski definition) is 6. The second-order valence-electron chi connectivity index (χ2n) is 15.9. The van der Waals surface area contributed by atoms with E-state index in [1.165, 1.54) is 0 Å². The Hall–Kier alpha value is -4.86. The van der Waals surface area contributed by atoms with Crippen molar-refractivity contribution in [2.75, 3.05) is 13.1 Å². The first kappa shape index (κ1) is 33.6. The van der Waals surface area contributed by atoms with Gasteiger partial charge in [-0.15, -0.1) is 0 Å². The number of hydrogen-bond donors (Lipinski definition) is 2. The molecule has 5 aromatic rings. The molecule has 2 atom stereocenters. The van der Waals surface area contributed by atoms with Crippen LogP contribution in [0.2, 0.25) is 0 Å². The van der Waals surface area contributed by atoms with E-state index in [1.807, 2.05) is 41.5 Å². The van der Waals surface area contributed by atoms with E-state index in [2.05, 4.69) is 72.3 Å². The number of amides is 2. The first-order chi connectivity index (χ1) is 23.6. The molecule has 2 N–H and O–H groups in total. The SMILES string of the molecule is Cc1cc(-c2ccc(-c3cc(C)c4nc([C@@H]5CCCN5C(=O)OC(C)(C)C)[nH]c4c3)cc2)cc2[nH]c([C@@H]3CCCN3C(=O)OC(C)(C)C)nc12. The summed E-state index contributed by atoms with van der Waals surface area (Å²) in [5, 5.41) is 0. The van der Waals surface area contributed by atoms with Gasteiger partial charge < -0.3 is 19.4 Å². The van der Waals surface area contributed by atoms with E-state index < -0.39 is 11.2 Å². The van der Waals surface area contributed by atoms with E-state index in [0.29, 0.717) is 13.1 Å². The molecule has 262 valence electrons. The third-order valence-electron chi connectivity index (χ3n) is 9.54. The number of H-pyrrole nitrogens is 2. The Bertz CT molecular complexity index is 1930. The number of aromatic amines is 2. The lowest BCUT2D eigenvalue weighted by Crippen LogP contribution is -2.36. The van der Waals surface area contributed by atoms with Gasteiger partial charge >= 0.3 is 12.2 Å². The highest BCUT2D eigenvalue weighted by atomic mass is 16.6. The summed E-state index contributed by atoms with van der Waals surface area (Å²) in [6.07, 6.45) is 2.95. The molecule has 10 nitrogen and oxygen atoms in total. The van der Waals surface area contributed by atoms with Crippen LogP contribution in [0.15, 0.2) is 48.5 Å². The average molecular weight is 677 g/mol. The highest BCUT2D eigenvalue weighted by Crippen LogP contribution is 2.37. The second kappa shape index (κ2) is 12.5. The molecule has 2 fully saturated rings. The lowest BCUT2D eigenvalue weighted by atomic mass is 9.97. The lowest BCUT2D eigenvalue weighted by Gasteiger charge is -2.27. The van der Waals surface area contributed by atoms with Gasteiger partial charge in [-0.25, -0.2) is 19.6 Å². The quantitative estimate of drug-likeness (QED) is 0.196. The predicted octanol–water partition coefficient (Wildman–Crippen LogP) is 9.53. The molecule has 4 heterocycles. The summed E-state index contributed by atoms with van der Waals surface area (Å²) in [4.78, 5) is 46.5. The maximum Gasteiger partial charge on any atom is 0.410 e. The van der Waals surface area contributed by atoms with Gasteiger partial charge in [0.2, 0.25) is 0 Å². The zero-order chi connectivity index (χ0) is 35.5. The number of aromatic nitrogens is 4. The number of rotatable bonds is 4. The summed E-state index contributed by atoms with van der Waals surface area (Å²) in [6, 6.07) is 17.0. The van der Waals surface area contributed by atoms with Crippen molar-refractivity contribution in [3.8, 4) is 22.3 Å². The highest BCUT2D eigenvalue weighted by Gasteiger charge is 2.36. The fraction of sp³-hybridized carbons (Fsp3) is 0.450. The van der Waals surface area contributed by atoms with Gasteiger partial charge in [-0.1, -0.05) is 24.3 Å². The summed E-state index contributed by atoms with van der Waals surface area (Å²) < 4.78 is 11.4. The normalized spacial score (nSPS) is 18.4. The zero-order valence-corrected chi connectivity index (χ0v) is 30.4. The van der Waals surface area contributed by atoms with Crippen LogP contribution in [-0.2, 0) is 9.47 Å². The van der Waals surface area contributed by atoms with Crippen molar-refractivity contribution < 1.29 is 19.1 Å². The molecule has 2 saturated heterocycles. The molecule has 7 rings (SSSR count). The molecule has 2 aromatic heterocycles. The molecule has 0 spiro atoms. The summed E-state index contributed by atoms with van der Waals surface area (Å²) in [5.74, 6) is 1.61. The third kappa shape index (κ3) is 6.67. The molecule has 0 aliphatic carbocycles. The number of carbonyl (C=O) groups excluding carboxylic acids is 2. The number of ether oxygens (including phenoxy) is 2. The van der Waals surface area contributed by atoms with Crippen molar-refractivity contribution in [3.05, 3.63) is 71.3 Å². The number of imidazole rings is 2. The highest BCUT2D eigenvalue weighted by molar-refractivity contribution is 5.87. The molecule has 0 saturated carbocycles. The van der Waals surface area contributed by atoms with E-state index in [4.69, 9.17) is 19.4 Å². The topological polar surface area (TPSA) is 116 Å². The molecule has 50 heavy (non-hydrogen) atoms. The molecule has 10 heteroatoms. The zero-order valence-electron chi connectivity index (χ0n) is 30.4. The van der Waals surface area contributed by atoms with Crippen molar-refractivity contribution in [2.24, 2.45) is 0 Å². The fourth-order valence-electron chi connectivity index (χ4n) is 7.30. The van der Waals surface area contributed by atoms with Crippen LogP contribution in [0.5, 0.6) is 0 Å². The van der Waals surface area contributed by atoms with E-state index >= 15 is 0 Å². The number of aryl methyl sites for hydroxylation is 2. The molecule has 2 amide bonds. The monoisotopic (exact) mass is 676 g/mol. The van der Waals surface area contributed by atoms with Crippen LogP contribution in [0.1, 0.15) is 102 Å². The first-order valence-electron chi connectivity index (χ1n) is 17.7. The average Bonchev–Trinajstić information content (AvgIpc) is 3.84. The molecular formula is C40H48N6O4. The summed E-state index contributed by atoms with van der Waals surface area (Å²) >= 11 is 0. The molecule has 0 unspecified atom stereocenters. The van der Waals surface area contributed by atoms with Crippen LogP contribution in [0.4, 0.5) is 9.59 Å². The Labute approximate surface area is 293 Å². The van der Waals surface area contributed by atoms with Gasteiger partial charge in [-0.2, -0.15) is 0 Å².